The quantitative estimate of drug-likeness (QED) is 0.533. The standard InChI is InChI=1S/C19H17N7O2/c1-28-16-5-3-2-4-14(16)15-6-9-19(27)26(22-15)13-10-24(11-13)18-8-7-17-21-20-12-25(17)23-18/h2-9,12-13H,10-11H2,1H3. The minimum Gasteiger partial charge on any atom is -0.496 e. The molecule has 4 aromatic rings. The summed E-state index contributed by atoms with van der Waals surface area (Å²) < 4.78 is 8.60. The summed E-state index contributed by atoms with van der Waals surface area (Å²) in [6.07, 6.45) is 1.57. The van der Waals surface area contributed by atoms with Gasteiger partial charge < -0.3 is 9.64 Å². The van der Waals surface area contributed by atoms with Gasteiger partial charge in [0.25, 0.3) is 5.56 Å². The second-order valence-electron chi connectivity index (χ2n) is 6.59. The molecule has 9 heteroatoms. The van der Waals surface area contributed by atoms with Crippen LogP contribution in [0.4, 0.5) is 5.82 Å². The van der Waals surface area contributed by atoms with Crippen LogP contribution < -0.4 is 15.2 Å². The van der Waals surface area contributed by atoms with Crippen molar-refractivity contribution >= 4 is 11.5 Å². The third-order valence-corrected chi connectivity index (χ3v) is 4.89. The second-order valence-corrected chi connectivity index (χ2v) is 6.59. The Bertz CT molecular complexity index is 1210. The molecule has 5 rings (SSSR count). The summed E-state index contributed by atoms with van der Waals surface area (Å²) in [6.45, 7) is 1.31. The maximum Gasteiger partial charge on any atom is 0.267 e. The molecule has 0 radical (unpaired) electrons. The monoisotopic (exact) mass is 375 g/mol. The van der Waals surface area contributed by atoms with Gasteiger partial charge in [0.1, 0.15) is 17.9 Å². The summed E-state index contributed by atoms with van der Waals surface area (Å²) >= 11 is 0. The van der Waals surface area contributed by atoms with Gasteiger partial charge in [-0.2, -0.15) is 9.61 Å². The second kappa shape index (κ2) is 6.45. The van der Waals surface area contributed by atoms with Crippen molar-refractivity contribution < 1.29 is 4.74 Å². The fourth-order valence-electron chi connectivity index (χ4n) is 3.37. The Morgan fingerprint density at radius 3 is 2.75 bits per heavy atom. The summed E-state index contributed by atoms with van der Waals surface area (Å²) in [4.78, 5) is 14.5. The maximum absolute atomic E-state index is 12.4. The molecule has 0 bridgehead atoms. The zero-order valence-corrected chi connectivity index (χ0v) is 15.1. The number of benzene rings is 1. The molecule has 1 aromatic carbocycles. The first-order valence-electron chi connectivity index (χ1n) is 8.88. The predicted octanol–water partition coefficient (Wildman–Crippen LogP) is 1.42. The molecule has 0 aliphatic carbocycles. The molecule has 0 unspecified atom stereocenters. The first-order valence-corrected chi connectivity index (χ1v) is 8.88. The van der Waals surface area contributed by atoms with Gasteiger partial charge in [-0.15, -0.1) is 15.3 Å². The van der Waals surface area contributed by atoms with Gasteiger partial charge in [-0.1, -0.05) is 12.1 Å². The van der Waals surface area contributed by atoms with E-state index in [0.29, 0.717) is 24.4 Å². The van der Waals surface area contributed by atoms with E-state index in [1.165, 1.54) is 0 Å². The number of methoxy groups -OCH3 is 1. The summed E-state index contributed by atoms with van der Waals surface area (Å²) in [5.74, 6) is 1.54. The van der Waals surface area contributed by atoms with Crippen molar-refractivity contribution in [1.82, 2.24) is 29.6 Å². The van der Waals surface area contributed by atoms with Crippen molar-refractivity contribution in [3.63, 3.8) is 0 Å². The summed E-state index contributed by atoms with van der Waals surface area (Å²) in [5, 5.41) is 16.9. The largest absolute Gasteiger partial charge is 0.496 e. The fraction of sp³-hybridized carbons (Fsp3) is 0.211. The number of aromatic nitrogens is 6. The number of hydrogen-bond acceptors (Lipinski definition) is 7. The number of rotatable bonds is 4. The molecule has 1 aliphatic heterocycles. The van der Waals surface area contributed by atoms with Crippen molar-refractivity contribution in [2.45, 2.75) is 6.04 Å². The first kappa shape index (κ1) is 16.4. The van der Waals surface area contributed by atoms with E-state index in [-0.39, 0.29) is 11.6 Å². The zero-order chi connectivity index (χ0) is 19.1. The van der Waals surface area contributed by atoms with E-state index in [9.17, 15) is 4.79 Å². The van der Waals surface area contributed by atoms with Gasteiger partial charge in [-0.05, 0) is 30.3 Å². The van der Waals surface area contributed by atoms with E-state index in [0.717, 1.165) is 17.1 Å². The first-order chi connectivity index (χ1) is 13.7. The summed E-state index contributed by atoms with van der Waals surface area (Å²) in [7, 11) is 1.62. The third-order valence-electron chi connectivity index (χ3n) is 4.89. The Balaban J connectivity index is 1.41. The molecule has 0 saturated carbocycles. The van der Waals surface area contributed by atoms with E-state index in [2.05, 4.69) is 25.3 Å². The fourth-order valence-corrected chi connectivity index (χ4v) is 3.37. The van der Waals surface area contributed by atoms with Crippen LogP contribution in [0.2, 0.25) is 0 Å². The maximum atomic E-state index is 12.4. The lowest BCUT2D eigenvalue weighted by Crippen LogP contribution is -2.51. The van der Waals surface area contributed by atoms with Gasteiger partial charge in [0.2, 0.25) is 0 Å². The van der Waals surface area contributed by atoms with Gasteiger partial charge in [0, 0.05) is 24.7 Å². The van der Waals surface area contributed by atoms with E-state index in [1.54, 1.807) is 34.8 Å². The molecule has 3 aromatic heterocycles. The number of anilines is 1. The van der Waals surface area contributed by atoms with Crippen molar-refractivity contribution in [2.24, 2.45) is 0 Å². The average molecular weight is 375 g/mol. The van der Waals surface area contributed by atoms with Crippen LogP contribution in [0.3, 0.4) is 0 Å². The molecule has 1 saturated heterocycles. The molecule has 0 atom stereocenters. The minimum atomic E-state index is -0.120. The number of fused-ring (bicyclic) bond motifs is 1. The van der Waals surface area contributed by atoms with Crippen LogP contribution in [0.15, 0.2) is 59.7 Å². The zero-order valence-electron chi connectivity index (χ0n) is 15.1. The van der Waals surface area contributed by atoms with Gasteiger partial charge in [0.15, 0.2) is 5.65 Å². The topological polar surface area (TPSA) is 90.4 Å². The highest BCUT2D eigenvalue weighted by molar-refractivity contribution is 5.66. The molecule has 0 spiro atoms. The van der Waals surface area contributed by atoms with Crippen LogP contribution in [0.1, 0.15) is 6.04 Å². The van der Waals surface area contributed by atoms with Crippen LogP contribution in [-0.4, -0.2) is 49.8 Å². The molecular weight excluding hydrogens is 358 g/mol. The molecule has 140 valence electrons. The highest BCUT2D eigenvalue weighted by Gasteiger charge is 2.31. The Morgan fingerprint density at radius 1 is 1.04 bits per heavy atom. The van der Waals surface area contributed by atoms with E-state index in [1.807, 2.05) is 36.4 Å². The minimum absolute atomic E-state index is 0.0134. The van der Waals surface area contributed by atoms with Gasteiger partial charge in [-0.25, -0.2) is 4.68 Å². The van der Waals surface area contributed by atoms with E-state index in [4.69, 9.17) is 4.74 Å². The highest BCUT2D eigenvalue weighted by atomic mass is 16.5. The van der Waals surface area contributed by atoms with Crippen molar-refractivity contribution in [3.8, 4) is 17.0 Å². The lowest BCUT2D eigenvalue weighted by atomic mass is 10.1. The molecule has 4 heterocycles. The predicted molar refractivity (Wildman–Crippen MR) is 103 cm³/mol. The molecule has 0 amide bonds. The Kier molecular flexibility index (Phi) is 3.78. The van der Waals surface area contributed by atoms with Crippen molar-refractivity contribution in [1.29, 1.82) is 0 Å². The van der Waals surface area contributed by atoms with Gasteiger partial charge >= 0.3 is 0 Å². The Labute approximate surface area is 159 Å². The Hall–Kier alpha value is -3.75. The van der Waals surface area contributed by atoms with Crippen LogP contribution in [-0.2, 0) is 0 Å². The number of para-hydroxylation sites is 1. The van der Waals surface area contributed by atoms with E-state index >= 15 is 0 Å². The van der Waals surface area contributed by atoms with Crippen molar-refractivity contribution in [3.05, 3.63) is 65.2 Å². The molecule has 1 fully saturated rings. The lowest BCUT2D eigenvalue weighted by molar-refractivity contribution is 0.351. The lowest BCUT2D eigenvalue weighted by Gasteiger charge is -2.39. The van der Waals surface area contributed by atoms with Crippen LogP contribution >= 0.6 is 0 Å². The molecule has 28 heavy (non-hydrogen) atoms. The molecular formula is C19H17N7O2. The number of hydrogen-bond donors (Lipinski definition) is 0. The normalized spacial score (nSPS) is 14.2. The molecule has 0 N–H and O–H groups in total. The van der Waals surface area contributed by atoms with Crippen LogP contribution in [0.5, 0.6) is 5.75 Å². The van der Waals surface area contributed by atoms with Gasteiger partial charge in [0.05, 0.1) is 18.8 Å². The smallest absolute Gasteiger partial charge is 0.267 e. The number of ether oxygens (including phenoxy) is 1. The van der Waals surface area contributed by atoms with E-state index < -0.39 is 0 Å². The SMILES string of the molecule is COc1ccccc1-c1ccc(=O)n(C2CN(c3ccc4nncn4n3)C2)n1. The van der Waals surface area contributed by atoms with Gasteiger partial charge in [-0.3, -0.25) is 4.79 Å². The molecule has 9 nitrogen and oxygen atoms in total. The third kappa shape index (κ3) is 2.68. The molecule has 1 aliphatic rings. The van der Waals surface area contributed by atoms with Crippen LogP contribution in [0, 0.1) is 0 Å². The average Bonchev–Trinajstić information content (AvgIpc) is 3.16. The highest BCUT2D eigenvalue weighted by Crippen LogP contribution is 2.29. The number of nitrogens with zero attached hydrogens (tertiary/aromatic N) is 7. The van der Waals surface area contributed by atoms with Crippen LogP contribution in [0.25, 0.3) is 16.9 Å². The summed E-state index contributed by atoms with van der Waals surface area (Å²) in [6, 6.07) is 14.7. The Morgan fingerprint density at radius 2 is 1.89 bits per heavy atom. The van der Waals surface area contributed by atoms with Crippen molar-refractivity contribution in [2.75, 3.05) is 25.1 Å². The summed E-state index contributed by atoms with van der Waals surface area (Å²) in [5.41, 5.74) is 2.14.